The van der Waals surface area contributed by atoms with Crippen LogP contribution < -0.4 is 10.6 Å². The van der Waals surface area contributed by atoms with Crippen LogP contribution in [0.15, 0.2) is 36.4 Å². The second-order valence-corrected chi connectivity index (χ2v) is 9.35. The van der Waals surface area contributed by atoms with Crippen LogP contribution in [0.25, 0.3) is 10.9 Å². The number of halogens is 4. The van der Waals surface area contributed by atoms with Crippen LogP contribution in [0.1, 0.15) is 33.6 Å². The van der Waals surface area contributed by atoms with E-state index in [2.05, 4.69) is 15.6 Å². The van der Waals surface area contributed by atoms with Crippen LogP contribution in [0, 0.1) is 0 Å². The van der Waals surface area contributed by atoms with E-state index in [1.54, 1.807) is 4.90 Å². The molecule has 1 unspecified atom stereocenters. The fraction of sp³-hybridized carbons (Fsp3) is 0.360. The van der Waals surface area contributed by atoms with Crippen molar-refractivity contribution in [2.75, 3.05) is 31.6 Å². The standard InChI is InChI=1S/C25H24ClF3N4O3/c26-20-6-4-15(13-19(20)25(27,28)29)31-24(35)30-14-5-7-21-18(12-14)16-2-1-3-17(22(16)32-21)23(34)33-8-10-36-11-9-33/h1-4,6,13-14,32H,5,7-12H2,(H2,30,31,35). The zero-order chi connectivity index (χ0) is 25.4. The number of morpholine rings is 1. The maximum absolute atomic E-state index is 13.1. The van der Waals surface area contributed by atoms with Crippen molar-refractivity contribution in [3.05, 3.63) is 63.8 Å². The molecule has 7 nitrogen and oxygen atoms in total. The molecule has 36 heavy (non-hydrogen) atoms. The number of anilines is 1. The van der Waals surface area contributed by atoms with Crippen molar-refractivity contribution in [2.24, 2.45) is 0 Å². The van der Waals surface area contributed by atoms with Crippen LogP contribution >= 0.6 is 11.6 Å². The van der Waals surface area contributed by atoms with E-state index in [1.807, 2.05) is 18.2 Å². The third-order valence-electron chi connectivity index (χ3n) is 6.62. The van der Waals surface area contributed by atoms with Gasteiger partial charge in [0.25, 0.3) is 5.91 Å². The van der Waals surface area contributed by atoms with Gasteiger partial charge in [-0.05, 0) is 49.1 Å². The number of aromatic amines is 1. The summed E-state index contributed by atoms with van der Waals surface area (Å²) < 4.78 is 44.7. The smallest absolute Gasteiger partial charge is 0.378 e. The first kappa shape index (κ1) is 24.5. The Morgan fingerprint density at radius 2 is 1.92 bits per heavy atom. The second-order valence-electron chi connectivity index (χ2n) is 8.95. The summed E-state index contributed by atoms with van der Waals surface area (Å²) in [5.74, 6) is -0.0438. The molecule has 190 valence electrons. The Hall–Kier alpha value is -3.24. The highest BCUT2D eigenvalue weighted by Crippen LogP contribution is 2.36. The van der Waals surface area contributed by atoms with Gasteiger partial charge in [0.15, 0.2) is 0 Å². The minimum Gasteiger partial charge on any atom is -0.378 e. The maximum atomic E-state index is 13.1. The van der Waals surface area contributed by atoms with Gasteiger partial charge in [0.05, 0.1) is 34.9 Å². The lowest BCUT2D eigenvalue weighted by Gasteiger charge is -2.27. The SMILES string of the molecule is O=C(Nc1ccc(Cl)c(C(F)(F)F)c1)NC1CCc2[nH]c3c(C(=O)N4CCOCC4)cccc3c2C1. The third kappa shape index (κ3) is 4.87. The van der Waals surface area contributed by atoms with E-state index in [-0.39, 0.29) is 17.6 Å². The number of aryl methyl sites for hydroxylation is 1. The number of nitrogens with zero attached hydrogens (tertiary/aromatic N) is 1. The third-order valence-corrected chi connectivity index (χ3v) is 6.95. The molecule has 1 atom stereocenters. The number of H-pyrrole nitrogens is 1. The highest BCUT2D eigenvalue weighted by atomic mass is 35.5. The highest BCUT2D eigenvalue weighted by molar-refractivity contribution is 6.31. The number of para-hydroxylation sites is 1. The van der Waals surface area contributed by atoms with Crippen molar-refractivity contribution < 1.29 is 27.5 Å². The van der Waals surface area contributed by atoms with Gasteiger partial charge >= 0.3 is 12.2 Å². The average molecular weight is 521 g/mol. The molecule has 2 aromatic carbocycles. The number of nitrogens with one attached hydrogen (secondary N) is 3. The normalized spacial score (nSPS) is 18.1. The quantitative estimate of drug-likeness (QED) is 0.455. The van der Waals surface area contributed by atoms with E-state index in [0.29, 0.717) is 51.1 Å². The first-order chi connectivity index (χ1) is 17.2. The van der Waals surface area contributed by atoms with E-state index < -0.39 is 22.8 Å². The van der Waals surface area contributed by atoms with Gasteiger partial charge in [-0.1, -0.05) is 23.7 Å². The highest BCUT2D eigenvalue weighted by Gasteiger charge is 2.33. The molecule has 3 N–H and O–H groups in total. The summed E-state index contributed by atoms with van der Waals surface area (Å²) >= 11 is 5.65. The predicted octanol–water partition coefficient (Wildman–Crippen LogP) is 4.99. The van der Waals surface area contributed by atoms with Crippen molar-refractivity contribution in [1.82, 2.24) is 15.2 Å². The van der Waals surface area contributed by atoms with Crippen LogP contribution in [0.2, 0.25) is 5.02 Å². The molecule has 5 rings (SSSR count). The van der Waals surface area contributed by atoms with Crippen molar-refractivity contribution in [3.63, 3.8) is 0 Å². The number of carbonyl (C=O) groups excluding carboxylic acids is 2. The topological polar surface area (TPSA) is 86.5 Å². The molecule has 11 heteroatoms. The average Bonchev–Trinajstić information content (AvgIpc) is 3.23. The minimum atomic E-state index is -4.62. The fourth-order valence-electron chi connectivity index (χ4n) is 4.85. The molecule has 1 saturated heterocycles. The number of hydrogen-bond acceptors (Lipinski definition) is 3. The fourth-order valence-corrected chi connectivity index (χ4v) is 5.08. The molecule has 0 bridgehead atoms. The molecule has 1 aliphatic carbocycles. The minimum absolute atomic E-state index is 0.000848. The Bertz CT molecular complexity index is 1320. The number of ether oxygens (including phenoxy) is 1. The van der Waals surface area contributed by atoms with Crippen LogP contribution in [0.3, 0.4) is 0 Å². The van der Waals surface area contributed by atoms with Gasteiger partial charge < -0.3 is 25.3 Å². The van der Waals surface area contributed by atoms with Crippen LogP contribution in [-0.2, 0) is 23.8 Å². The Morgan fingerprint density at radius 1 is 1.14 bits per heavy atom. The number of hydrogen-bond donors (Lipinski definition) is 3. The molecule has 2 aliphatic rings. The zero-order valence-electron chi connectivity index (χ0n) is 19.2. The molecule has 0 saturated carbocycles. The van der Waals surface area contributed by atoms with Crippen LogP contribution in [0.4, 0.5) is 23.7 Å². The molecule has 1 fully saturated rings. The Kier molecular flexibility index (Phi) is 6.57. The summed E-state index contributed by atoms with van der Waals surface area (Å²) in [6.07, 6.45) is -2.78. The van der Waals surface area contributed by atoms with Crippen LogP contribution in [-0.4, -0.2) is 54.2 Å². The molecule has 1 aliphatic heterocycles. The van der Waals surface area contributed by atoms with E-state index >= 15 is 0 Å². The second kappa shape index (κ2) is 9.67. The van der Waals surface area contributed by atoms with Gasteiger partial charge in [-0.15, -0.1) is 0 Å². The number of fused-ring (bicyclic) bond motifs is 3. The van der Waals surface area contributed by atoms with E-state index in [4.69, 9.17) is 16.3 Å². The van der Waals surface area contributed by atoms with E-state index in [9.17, 15) is 22.8 Å². The number of rotatable bonds is 3. The molecule has 3 amide bonds. The maximum Gasteiger partial charge on any atom is 0.417 e. The van der Waals surface area contributed by atoms with Crippen molar-refractivity contribution in [3.8, 4) is 0 Å². The summed E-state index contributed by atoms with van der Waals surface area (Å²) in [7, 11) is 0. The summed E-state index contributed by atoms with van der Waals surface area (Å²) in [5, 5.41) is 5.83. The molecule has 0 spiro atoms. The van der Waals surface area contributed by atoms with Crippen molar-refractivity contribution in [2.45, 2.75) is 31.5 Å². The Balaban J connectivity index is 1.30. The zero-order valence-corrected chi connectivity index (χ0v) is 19.9. The van der Waals surface area contributed by atoms with Gasteiger partial charge in [-0.25, -0.2) is 4.79 Å². The summed E-state index contributed by atoms with van der Waals surface area (Å²) in [5.41, 5.74) is 2.44. The van der Waals surface area contributed by atoms with Gasteiger partial charge in [-0.3, -0.25) is 4.79 Å². The number of alkyl halides is 3. The molecule has 1 aromatic heterocycles. The van der Waals surface area contributed by atoms with Crippen LogP contribution in [0.5, 0.6) is 0 Å². The van der Waals surface area contributed by atoms with Gasteiger partial charge in [0.1, 0.15) is 0 Å². The number of benzene rings is 2. The summed E-state index contributed by atoms with van der Waals surface area (Å²) in [6.45, 7) is 2.14. The first-order valence-corrected chi connectivity index (χ1v) is 12.0. The predicted molar refractivity (Wildman–Crippen MR) is 129 cm³/mol. The summed E-state index contributed by atoms with van der Waals surface area (Å²) in [6, 6.07) is 8.05. The monoisotopic (exact) mass is 520 g/mol. The molecular formula is C25H24ClF3N4O3. The summed E-state index contributed by atoms with van der Waals surface area (Å²) in [4.78, 5) is 30.9. The largest absolute Gasteiger partial charge is 0.417 e. The van der Waals surface area contributed by atoms with E-state index in [1.165, 1.54) is 6.07 Å². The molecule has 0 radical (unpaired) electrons. The Morgan fingerprint density at radius 3 is 2.67 bits per heavy atom. The van der Waals surface area contributed by atoms with Gasteiger partial charge in [0, 0.05) is 35.9 Å². The lowest BCUT2D eigenvalue weighted by Crippen LogP contribution is -2.41. The molecular weight excluding hydrogens is 497 g/mol. The lowest BCUT2D eigenvalue weighted by molar-refractivity contribution is -0.137. The number of aromatic nitrogens is 1. The number of amides is 3. The Labute approximate surface area is 209 Å². The van der Waals surface area contributed by atoms with Crippen molar-refractivity contribution in [1.29, 1.82) is 0 Å². The number of carbonyl (C=O) groups is 2. The lowest BCUT2D eigenvalue weighted by atomic mass is 9.91. The molecule has 2 heterocycles. The van der Waals surface area contributed by atoms with E-state index in [0.717, 1.165) is 34.3 Å². The van der Waals surface area contributed by atoms with Crippen molar-refractivity contribution >= 4 is 40.1 Å². The molecule has 3 aromatic rings. The van der Waals surface area contributed by atoms with Gasteiger partial charge in [-0.2, -0.15) is 13.2 Å². The van der Waals surface area contributed by atoms with Gasteiger partial charge in [0.2, 0.25) is 0 Å². The number of urea groups is 1. The first-order valence-electron chi connectivity index (χ1n) is 11.6.